The van der Waals surface area contributed by atoms with Crippen LogP contribution in [-0.2, 0) is 0 Å². The first-order chi connectivity index (χ1) is 25.8. The number of nitrogens with zero attached hydrogens (tertiary/aromatic N) is 2. The van der Waals surface area contributed by atoms with Crippen LogP contribution in [0.5, 0.6) is 0 Å². The van der Waals surface area contributed by atoms with Crippen LogP contribution in [0.1, 0.15) is 0 Å². The summed E-state index contributed by atoms with van der Waals surface area (Å²) in [5, 5.41) is 7.37. The van der Waals surface area contributed by atoms with Gasteiger partial charge in [0, 0.05) is 33.2 Å². The highest BCUT2D eigenvalue weighted by molar-refractivity contribution is 6.10. The Morgan fingerprint density at radius 2 is 0.827 bits per heavy atom. The van der Waals surface area contributed by atoms with Gasteiger partial charge in [-0.3, -0.25) is 0 Å². The molecule has 2 nitrogen and oxygen atoms in total. The zero-order valence-electron chi connectivity index (χ0n) is 28.5. The summed E-state index contributed by atoms with van der Waals surface area (Å²) in [6.07, 6.45) is 0. The molecule has 52 heavy (non-hydrogen) atoms. The van der Waals surface area contributed by atoms with Gasteiger partial charge in [0.15, 0.2) is 0 Å². The summed E-state index contributed by atoms with van der Waals surface area (Å²) in [5.41, 5.74) is 11.6. The maximum Gasteiger partial charge on any atom is 0.0560 e. The zero-order chi connectivity index (χ0) is 34.4. The minimum absolute atomic E-state index is 1.10. The van der Waals surface area contributed by atoms with Gasteiger partial charge in [0.05, 0.1) is 16.7 Å². The molecule has 0 unspecified atom stereocenters. The highest BCUT2D eigenvalue weighted by Crippen LogP contribution is 2.44. The fraction of sp³-hybridized carbons (Fsp3) is 0. The molecule has 0 saturated heterocycles. The van der Waals surface area contributed by atoms with Crippen LogP contribution in [0.25, 0.3) is 71.3 Å². The van der Waals surface area contributed by atoms with Gasteiger partial charge in [0.1, 0.15) is 0 Å². The van der Waals surface area contributed by atoms with Crippen LogP contribution in [0.4, 0.5) is 17.1 Å². The van der Waals surface area contributed by atoms with Crippen molar-refractivity contribution in [1.29, 1.82) is 0 Å². The van der Waals surface area contributed by atoms with Gasteiger partial charge in [-0.25, -0.2) is 0 Å². The average molecular weight is 663 g/mol. The van der Waals surface area contributed by atoms with Crippen molar-refractivity contribution < 1.29 is 0 Å². The van der Waals surface area contributed by atoms with E-state index in [-0.39, 0.29) is 0 Å². The highest BCUT2D eigenvalue weighted by atomic mass is 15.1. The van der Waals surface area contributed by atoms with E-state index in [1.165, 1.54) is 65.6 Å². The van der Waals surface area contributed by atoms with Crippen molar-refractivity contribution in [2.75, 3.05) is 4.90 Å². The lowest BCUT2D eigenvalue weighted by molar-refractivity contribution is 1.18. The largest absolute Gasteiger partial charge is 0.310 e. The number of anilines is 3. The number of para-hydroxylation sites is 2. The second-order valence-corrected chi connectivity index (χ2v) is 13.4. The minimum Gasteiger partial charge on any atom is -0.310 e. The summed E-state index contributed by atoms with van der Waals surface area (Å²) in [4.78, 5) is 2.44. The van der Waals surface area contributed by atoms with Gasteiger partial charge in [0.25, 0.3) is 0 Å². The van der Waals surface area contributed by atoms with E-state index in [0.29, 0.717) is 0 Å². The zero-order valence-corrected chi connectivity index (χ0v) is 28.5. The Morgan fingerprint density at radius 1 is 0.308 bits per heavy atom. The smallest absolute Gasteiger partial charge is 0.0560 e. The Hall–Kier alpha value is -6.90. The number of hydrogen-bond donors (Lipinski definition) is 0. The van der Waals surface area contributed by atoms with Crippen molar-refractivity contribution >= 4 is 60.4 Å². The van der Waals surface area contributed by atoms with E-state index in [1.54, 1.807) is 0 Å². The first-order valence-corrected chi connectivity index (χ1v) is 17.8. The van der Waals surface area contributed by atoms with Gasteiger partial charge >= 0.3 is 0 Å². The van der Waals surface area contributed by atoms with Crippen LogP contribution in [-0.4, -0.2) is 4.57 Å². The van der Waals surface area contributed by atoms with Crippen molar-refractivity contribution in [2.24, 2.45) is 0 Å². The molecule has 0 aliphatic carbocycles. The number of hydrogen-bond acceptors (Lipinski definition) is 1. The normalized spacial score (nSPS) is 11.5. The van der Waals surface area contributed by atoms with Crippen LogP contribution in [0.15, 0.2) is 206 Å². The Balaban J connectivity index is 1.24. The molecule has 0 bridgehead atoms. The van der Waals surface area contributed by atoms with Gasteiger partial charge in [-0.1, -0.05) is 152 Å². The van der Waals surface area contributed by atoms with Gasteiger partial charge in [-0.2, -0.15) is 0 Å². The summed E-state index contributed by atoms with van der Waals surface area (Å²) < 4.78 is 2.42. The molecule has 0 atom stereocenters. The number of aromatic nitrogens is 1. The van der Waals surface area contributed by atoms with Gasteiger partial charge in [0.2, 0.25) is 0 Å². The first-order valence-electron chi connectivity index (χ1n) is 17.8. The lowest BCUT2D eigenvalue weighted by Gasteiger charge is -2.29. The minimum atomic E-state index is 1.10. The molecule has 9 aromatic carbocycles. The predicted molar refractivity (Wildman–Crippen MR) is 221 cm³/mol. The molecule has 0 radical (unpaired) electrons. The van der Waals surface area contributed by atoms with Crippen molar-refractivity contribution in [3.63, 3.8) is 0 Å². The van der Waals surface area contributed by atoms with Crippen molar-refractivity contribution in [3.05, 3.63) is 206 Å². The van der Waals surface area contributed by atoms with Crippen molar-refractivity contribution in [1.82, 2.24) is 4.57 Å². The van der Waals surface area contributed by atoms with Crippen molar-refractivity contribution in [3.8, 4) is 27.9 Å². The van der Waals surface area contributed by atoms with E-state index in [2.05, 4.69) is 216 Å². The number of fused-ring (bicyclic) bond motifs is 5. The molecule has 1 aromatic heterocycles. The summed E-state index contributed by atoms with van der Waals surface area (Å²) in [6.45, 7) is 0. The summed E-state index contributed by atoms with van der Waals surface area (Å²) in [7, 11) is 0. The molecule has 244 valence electrons. The average Bonchev–Trinajstić information content (AvgIpc) is 3.56. The molecule has 0 saturated carbocycles. The second-order valence-electron chi connectivity index (χ2n) is 13.4. The van der Waals surface area contributed by atoms with E-state index < -0.39 is 0 Å². The Kier molecular flexibility index (Phi) is 7.18. The quantitative estimate of drug-likeness (QED) is 0.172. The van der Waals surface area contributed by atoms with Crippen LogP contribution >= 0.6 is 0 Å². The third-order valence-corrected chi connectivity index (χ3v) is 10.3. The van der Waals surface area contributed by atoms with E-state index in [9.17, 15) is 0 Å². The Morgan fingerprint density at radius 3 is 1.52 bits per heavy atom. The maximum absolute atomic E-state index is 2.44. The van der Waals surface area contributed by atoms with Gasteiger partial charge < -0.3 is 9.47 Å². The van der Waals surface area contributed by atoms with Crippen LogP contribution in [0.2, 0.25) is 0 Å². The van der Waals surface area contributed by atoms with Crippen LogP contribution in [0.3, 0.4) is 0 Å². The van der Waals surface area contributed by atoms with E-state index >= 15 is 0 Å². The molecule has 10 rings (SSSR count). The molecule has 0 amide bonds. The molecule has 10 aromatic rings. The molecule has 0 aliphatic heterocycles. The SMILES string of the molecule is c1ccc(-c2cccc(N(c3cccc(-c4ccc5ccccc5c4)c3)c3cc(-n4c5ccccc5c5ccccc54)cc4ccccc34)c2)cc1. The van der Waals surface area contributed by atoms with Crippen LogP contribution in [0, 0.1) is 0 Å². The Bertz CT molecular complexity index is 2860. The fourth-order valence-electron chi connectivity index (χ4n) is 7.87. The van der Waals surface area contributed by atoms with Crippen LogP contribution < -0.4 is 4.90 Å². The molecular weight excluding hydrogens is 629 g/mol. The van der Waals surface area contributed by atoms with Gasteiger partial charge in [-0.05, 0) is 93.0 Å². The summed E-state index contributed by atoms with van der Waals surface area (Å²) >= 11 is 0. The van der Waals surface area contributed by atoms with Crippen molar-refractivity contribution in [2.45, 2.75) is 0 Å². The molecule has 0 aliphatic rings. The van der Waals surface area contributed by atoms with Gasteiger partial charge in [-0.15, -0.1) is 0 Å². The Labute approximate surface area is 303 Å². The molecule has 0 fully saturated rings. The lowest BCUT2D eigenvalue weighted by Crippen LogP contribution is -2.11. The van der Waals surface area contributed by atoms with E-state index in [4.69, 9.17) is 0 Å². The van der Waals surface area contributed by atoms with E-state index in [0.717, 1.165) is 22.7 Å². The fourth-order valence-corrected chi connectivity index (χ4v) is 7.87. The topological polar surface area (TPSA) is 8.17 Å². The monoisotopic (exact) mass is 662 g/mol. The molecular formula is C50H34N2. The highest BCUT2D eigenvalue weighted by Gasteiger charge is 2.20. The molecule has 0 N–H and O–H groups in total. The number of benzene rings is 9. The third kappa shape index (κ3) is 5.12. The van der Waals surface area contributed by atoms with E-state index in [1.807, 2.05) is 0 Å². The molecule has 2 heteroatoms. The molecule has 1 heterocycles. The lowest BCUT2D eigenvalue weighted by atomic mass is 9.99. The second kappa shape index (κ2) is 12.5. The first kappa shape index (κ1) is 30.0. The summed E-state index contributed by atoms with van der Waals surface area (Å²) in [6, 6.07) is 74.9. The summed E-state index contributed by atoms with van der Waals surface area (Å²) in [5.74, 6) is 0. The standard InChI is InChI=1S/C50H34N2/c1-2-14-35(15-3-1)38-19-12-21-42(31-38)51(43-22-13-20-39(32-43)40-29-28-36-16-4-5-17-37(36)30-40)50-34-44(33-41-18-6-7-23-45(41)50)52-48-26-10-8-24-46(48)47-25-9-11-27-49(47)52/h1-34H. The maximum atomic E-state index is 2.44. The number of rotatable bonds is 6. The predicted octanol–water partition coefficient (Wildman–Crippen LogP) is 13.9. The third-order valence-electron chi connectivity index (χ3n) is 10.3. The molecule has 0 spiro atoms.